The van der Waals surface area contributed by atoms with Gasteiger partial charge in [-0.25, -0.2) is 4.68 Å². The molecule has 2 heterocycles. The minimum Gasteiger partial charge on any atom is -0.475 e. The number of aromatic nitrogens is 2. The molecular formula is C20H24N4O. The van der Waals surface area contributed by atoms with E-state index in [-0.39, 0.29) is 0 Å². The van der Waals surface area contributed by atoms with Gasteiger partial charge in [-0.15, -0.1) is 5.10 Å². The highest BCUT2D eigenvalue weighted by atomic mass is 16.5. The van der Waals surface area contributed by atoms with E-state index in [4.69, 9.17) is 4.74 Å². The molecule has 0 unspecified atom stereocenters. The van der Waals surface area contributed by atoms with Crippen LogP contribution in [0.3, 0.4) is 0 Å². The fourth-order valence-electron chi connectivity index (χ4n) is 3.30. The predicted octanol–water partition coefficient (Wildman–Crippen LogP) is 2.62. The predicted molar refractivity (Wildman–Crippen MR) is 101 cm³/mol. The molecular weight excluding hydrogens is 312 g/mol. The van der Waals surface area contributed by atoms with E-state index in [1.807, 2.05) is 10.7 Å². The first-order valence-electron chi connectivity index (χ1n) is 8.91. The fourth-order valence-corrected chi connectivity index (χ4v) is 3.30. The second kappa shape index (κ2) is 7.25. The van der Waals surface area contributed by atoms with Crippen molar-refractivity contribution in [3.05, 3.63) is 54.2 Å². The Labute approximate surface area is 148 Å². The van der Waals surface area contributed by atoms with Gasteiger partial charge in [0.1, 0.15) is 6.61 Å². The summed E-state index contributed by atoms with van der Waals surface area (Å²) in [5.74, 6) is 0.695. The maximum atomic E-state index is 5.89. The number of aryl methyl sites for hydroxylation is 1. The Hall–Kier alpha value is -2.37. The zero-order valence-electron chi connectivity index (χ0n) is 14.6. The van der Waals surface area contributed by atoms with Gasteiger partial charge in [0.2, 0.25) is 5.88 Å². The molecule has 0 aliphatic carbocycles. The van der Waals surface area contributed by atoms with Gasteiger partial charge in [0.15, 0.2) is 0 Å². The SMILES string of the molecule is Cc1cc(OCCN2CCNCC2)nn1-c1ccc2ccccc2c1. The molecule has 0 atom stereocenters. The Kier molecular flexibility index (Phi) is 4.68. The zero-order valence-corrected chi connectivity index (χ0v) is 14.6. The van der Waals surface area contributed by atoms with Crippen molar-refractivity contribution in [3.63, 3.8) is 0 Å². The van der Waals surface area contributed by atoms with E-state index in [2.05, 4.69) is 64.7 Å². The van der Waals surface area contributed by atoms with E-state index in [9.17, 15) is 0 Å². The molecule has 0 saturated carbocycles. The number of nitrogens with one attached hydrogen (secondary N) is 1. The van der Waals surface area contributed by atoms with Gasteiger partial charge in [0.25, 0.3) is 0 Å². The molecule has 5 nitrogen and oxygen atoms in total. The molecule has 2 aromatic carbocycles. The molecule has 1 aromatic heterocycles. The third-order valence-electron chi connectivity index (χ3n) is 4.71. The van der Waals surface area contributed by atoms with Gasteiger partial charge in [-0.2, -0.15) is 0 Å². The Morgan fingerprint density at radius 3 is 2.68 bits per heavy atom. The first-order valence-corrected chi connectivity index (χ1v) is 8.91. The maximum absolute atomic E-state index is 5.89. The third-order valence-corrected chi connectivity index (χ3v) is 4.71. The van der Waals surface area contributed by atoms with Crippen LogP contribution in [0.2, 0.25) is 0 Å². The summed E-state index contributed by atoms with van der Waals surface area (Å²) >= 11 is 0. The van der Waals surface area contributed by atoms with Gasteiger partial charge in [-0.05, 0) is 29.8 Å². The summed E-state index contributed by atoms with van der Waals surface area (Å²) in [5.41, 5.74) is 2.14. The Morgan fingerprint density at radius 2 is 1.84 bits per heavy atom. The van der Waals surface area contributed by atoms with Crippen molar-refractivity contribution in [1.29, 1.82) is 0 Å². The van der Waals surface area contributed by atoms with E-state index < -0.39 is 0 Å². The Bertz CT molecular complexity index is 852. The average Bonchev–Trinajstić information content (AvgIpc) is 3.03. The second-order valence-electron chi connectivity index (χ2n) is 6.51. The van der Waals surface area contributed by atoms with E-state index in [0.29, 0.717) is 12.5 Å². The van der Waals surface area contributed by atoms with Crippen molar-refractivity contribution >= 4 is 10.8 Å². The number of ether oxygens (including phenoxy) is 1. The van der Waals surface area contributed by atoms with Crippen LogP contribution in [0.4, 0.5) is 0 Å². The van der Waals surface area contributed by atoms with E-state index >= 15 is 0 Å². The number of piperazine rings is 1. The number of hydrogen-bond donors (Lipinski definition) is 1. The van der Waals surface area contributed by atoms with Crippen LogP contribution in [0.25, 0.3) is 16.5 Å². The number of nitrogens with zero attached hydrogens (tertiary/aromatic N) is 3. The Balaban J connectivity index is 1.45. The van der Waals surface area contributed by atoms with Gasteiger partial charge in [0, 0.05) is 44.5 Å². The van der Waals surface area contributed by atoms with Crippen LogP contribution in [-0.2, 0) is 0 Å². The topological polar surface area (TPSA) is 42.3 Å². The highest BCUT2D eigenvalue weighted by Gasteiger charge is 2.11. The molecule has 25 heavy (non-hydrogen) atoms. The van der Waals surface area contributed by atoms with Crippen LogP contribution in [0.15, 0.2) is 48.5 Å². The number of benzene rings is 2. The highest BCUT2D eigenvalue weighted by molar-refractivity contribution is 5.84. The van der Waals surface area contributed by atoms with E-state index in [1.165, 1.54) is 10.8 Å². The minimum atomic E-state index is 0.675. The molecule has 1 N–H and O–H groups in total. The molecule has 3 aromatic rings. The van der Waals surface area contributed by atoms with Crippen molar-refractivity contribution in [3.8, 4) is 11.6 Å². The highest BCUT2D eigenvalue weighted by Crippen LogP contribution is 2.21. The monoisotopic (exact) mass is 336 g/mol. The largest absolute Gasteiger partial charge is 0.475 e. The minimum absolute atomic E-state index is 0.675. The van der Waals surface area contributed by atoms with Gasteiger partial charge < -0.3 is 10.1 Å². The van der Waals surface area contributed by atoms with E-state index in [0.717, 1.165) is 44.1 Å². The van der Waals surface area contributed by atoms with Gasteiger partial charge in [0.05, 0.1) is 5.69 Å². The summed E-state index contributed by atoms with van der Waals surface area (Å²) in [5, 5.41) is 10.5. The molecule has 1 aliphatic rings. The lowest BCUT2D eigenvalue weighted by Crippen LogP contribution is -2.44. The smallest absolute Gasteiger partial charge is 0.233 e. The van der Waals surface area contributed by atoms with Gasteiger partial charge in [-0.3, -0.25) is 4.90 Å². The standard InChI is InChI=1S/C20H24N4O/c1-16-14-20(25-13-12-23-10-8-21-9-11-23)22-24(16)19-7-6-17-4-2-3-5-18(17)15-19/h2-7,14-15,21H,8-13H2,1H3. The summed E-state index contributed by atoms with van der Waals surface area (Å²) in [4.78, 5) is 2.42. The van der Waals surface area contributed by atoms with Crippen molar-refractivity contribution in [2.24, 2.45) is 0 Å². The van der Waals surface area contributed by atoms with Crippen molar-refractivity contribution in [2.45, 2.75) is 6.92 Å². The van der Waals surface area contributed by atoms with Crippen LogP contribution < -0.4 is 10.1 Å². The molecule has 1 fully saturated rings. The lowest BCUT2D eigenvalue weighted by atomic mass is 10.1. The van der Waals surface area contributed by atoms with Crippen molar-refractivity contribution < 1.29 is 4.74 Å². The summed E-state index contributed by atoms with van der Waals surface area (Å²) in [6.07, 6.45) is 0. The summed E-state index contributed by atoms with van der Waals surface area (Å²) < 4.78 is 7.84. The summed E-state index contributed by atoms with van der Waals surface area (Å²) in [6, 6.07) is 16.8. The van der Waals surface area contributed by atoms with Crippen LogP contribution in [0.5, 0.6) is 5.88 Å². The Morgan fingerprint density at radius 1 is 1.04 bits per heavy atom. The first kappa shape index (κ1) is 16.1. The quantitative estimate of drug-likeness (QED) is 0.778. The van der Waals surface area contributed by atoms with Gasteiger partial charge >= 0.3 is 0 Å². The van der Waals surface area contributed by atoms with Crippen LogP contribution in [0, 0.1) is 6.92 Å². The molecule has 0 bridgehead atoms. The lowest BCUT2D eigenvalue weighted by Gasteiger charge is -2.26. The number of rotatable bonds is 5. The second-order valence-corrected chi connectivity index (χ2v) is 6.51. The summed E-state index contributed by atoms with van der Waals surface area (Å²) in [7, 11) is 0. The van der Waals surface area contributed by atoms with Crippen LogP contribution in [0.1, 0.15) is 5.69 Å². The molecule has 5 heteroatoms. The molecule has 0 amide bonds. The molecule has 130 valence electrons. The maximum Gasteiger partial charge on any atom is 0.233 e. The van der Waals surface area contributed by atoms with Gasteiger partial charge in [-0.1, -0.05) is 30.3 Å². The number of fused-ring (bicyclic) bond motifs is 1. The molecule has 1 saturated heterocycles. The zero-order chi connectivity index (χ0) is 17.1. The molecule has 0 spiro atoms. The average molecular weight is 336 g/mol. The van der Waals surface area contributed by atoms with Crippen LogP contribution >= 0.6 is 0 Å². The summed E-state index contributed by atoms with van der Waals surface area (Å²) in [6.45, 7) is 8.00. The fraction of sp³-hybridized carbons (Fsp3) is 0.350. The number of hydrogen-bond acceptors (Lipinski definition) is 4. The van der Waals surface area contributed by atoms with Crippen LogP contribution in [-0.4, -0.2) is 54.0 Å². The molecule has 1 aliphatic heterocycles. The molecule has 0 radical (unpaired) electrons. The third kappa shape index (κ3) is 3.67. The van der Waals surface area contributed by atoms with E-state index in [1.54, 1.807) is 0 Å². The normalized spacial score (nSPS) is 15.6. The van der Waals surface area contributed by atoms with Crippen molar-refractivity contribution in [1.82, 2.24) is 20.0 Å². The van der Waals surface area contributed by atoms with Crippen molar-refractivity contribution in [2.75, 3.05) is 39.3 Å². The molecule has 4 rings (SSSR count). The first-order chi connectivity index (χ1) is 12.3. The lowest BCUT2D eigenvalue weighted by molar-refractivity contribution is 0.188.